The summed E-state index contributed by atoms with van der Waals surface area (Å²) in [7, 11) is -1.49. The van der Waals surface area contributed by atoms with Crippen LogP contribution in [-0.4, -0.2) is 52.6 Å². The first kappa shape index (κ1) is 20.4. The number of hydrogen-bond donors (Lipinski definition) is 1. The number of piperidine rings is 1. The zero-order chi connectivity index (χ0) is 21.6. The molecule has 2 aliphatic heterocycles. The molecule has 1 saturated heterocycles. The van der Waals surface area contributed by atoms with E-state index in [-0.39, 0.29) is 12.8 Å². The molecule has 2 heterocycles. The van der Waals surface area contributed by atoms with Crippen molar-refractivity contribution in [1.82, 2.24) is 9.62 Å². The molecule has 0 bridgehead atoms. The molecule has 1 fully saturated rings. The van der Waals surface area contributed by atoms with E-state index < -0.39 is 10.0 Å². The molecule has 2 aliphatic rings. The standard InChI is InChI=1S/C23H26N2O5S/c1-28-18-3-4-19-16(13-25-7-5-17(6-8-25)24-31(2,26)27)9-15-10-22-23(30-14-29-22)12-20(15)21(19)11-18/h3-4,9-12,17,24H,5-8,13-14H2,1-2H3. The minimum Gasteiger partial charge on any atom is -0.497 e. The average molecular weight is 443 g/mol. The van der Waals surface area contributed by atoms with Crippen LogP contribution in [0.2, 0.25) is 0 Å². The van der Waals surface area contributed by atoms with E-state index in [4.69, 9.17) is 14.2 Å². The lowest BCUT2D eigenvalue weighted by atomic mass is 9.95. The summed E-state index contributed by atoms with van der Waals surface area (Å²) >= 11 is 0. The number of benzene rings is 3. The summed E-state index contributed by atoms with van der Waals surface area (Å²) in [5, 5.41) is 4.52. The van der Waals surface area contributed by atoms with E-state index in [1.54, 1.807) is 7.11 Å². The van der Waals surface area contributed by atoms with Crippen LogP contribution in [0.15, 0.2) is 36.4 Å². The molecule has 7 nitrogen and oxygen atoms in total. The zero-order valence-corrected chi connectivity index (χ0v) is 18.5. The van der Waals surface area contributed by atoms with Crippen molar-refractivity contribution in [2.45, 2.75) is 25.4 Å². The molecular formula is C23H26N2O5S. The molecule has 1 N–H and O–H groups in total. The first-order chi connectivity index (χ1) is 14.9. The lowest BCUT2D eigenvalue weighted by Gasteiger charge is -2.32. The van der Waals surface area contributed by atoms with Gasteiger partial charge in [-0.2, -0.15) is 0 Å². The Bertz CT molecular complexity index is 1250. The van der Waals surface area contributed by atoms with Gasteiger partial charge in [-0.05, 0) is 70.3 Å². The first-order valence-corrected chi connectivity index (χ1v) is 12.3. The van der Waals surface area contributed by atoms with Crippen molar-refractivity contribution >= 4 is 31.6 Å². The Hall–Kier alpha value is -2.55. The van der Waals surface area contributed by atoms with Gasteiger partial charge in [-0.3, -0.25) is 4.90 Å². The Morgan fingerprint density at radius 1 is 1.03 bits per heavy atom. The summed E-state index contributed by atoms with van der Waals surface area (Å²) in [6, 6.07) is 12.5. The van der Waals surface area contributed by atoms with Crippen LogP contribution in [0.25, 0.3) is 21.5 Å². The van der Waals surface area contributed by atoms with Crippen molar-refractivity contribution in [3.05, 3.63) is 42.0 Å². The first-order valence-electron chi connectivity index (χ1n) is 10.4. The maximum atomic E-state index is 11.5. The monoisotopic (exact) mass is 442 g/mol. The molecule has 3 aromatic carbocycles. The van der Waals surface area contributed by atoms with Gasteiger partial charge >= 0.3 is 0 Å². The van der Waals surface area contributed by atoms with Crippen LogP contribution >= 0.6 is 0 Å². The predicted molar refractivity (Wildman–Crippen MR) is 120 cm³/mol. The molecule has 0 saturated carbocycles. The molecule has 3 aromatic rings. The van der Waals surface area contributed by atoms with Gasteiger partial charge in [0, 0.05) is 25.7 Å². The van der Waals surface area contributed by atoms with Crippen LogP contribution in [-0.2, 0) is 16.6 Å². The zero-order valence-electron chi connectivity index (χ0n) is 17.7. The van der Waals surface area contributed by atoms with Crippen molar-refractivity contribution in [1.29, 1.82) is 0 Å². The van der Waals surface area contributed by atoms with Crippen molar-refractivity contribution in [2.24, 2.45) is 0 Å². The van der Waals surface area contributed by atoms with Crippen LogP contribution < -0.4 is 18.9 Å². The number of methoxy groups -OCH3 is 1. The van der Waals surface area contributed by atoms with E-state index in [1.807, 2.05) is 18.2 Å². The number of nitrogens with one attached hydrogen (secondary N) is 1. The highest BCUT2D eigenvalue weighted by molar-refractivity contribution is 7.88. The smallest absolute Gasteiger partial charge is 0.231 e. The number of ether oxygens (including phenoxy) is 3. The second kappa shape index (κ2) is 7.85. The summed E-state index contributed by atoms with van der Waals surface area (Å²) in [5.41, 5.74) is 1.23. The Morgan fingerprint density at radius 2 is 1.77 bits per heavy atom. The third-order valence-electron chi connectivity index (χ3n) is 6.10. The molecule has 164 valence electrons. The minimum absolute atomic E-state index is 0.0172. The highest BCUT2D eigenvalue weighted by Gasteiger charge is 2.23. The largest absolute Gasteiger partial charge is 0.497 e. The fraction of sp³-hybridized carbons (Fsp3) is 0.391. The quantitative estimate of drug-likeness (QED) is 0.612. The van der Waals surface area contributed by atoms with Gasteiger partial charge in [0.2, 0.25) is 16.8 Å². The van der Waals surface area contributed by atoms with Gasteiger partial charge in [0.25, 0.3) is 0 Å². The normalized spacial score (nSPS) is 17.5. The highest BCUT2D eigenvalue weighted by Crippen LogP contribution is 2.40. The van der Waals surface area contributed by atoms with Crippen LogP contribution in [0.4, 0.5) is 0 Å². The van der Waals surface area contributed by atoms with E-state index in [0.717, 1.165) is 65.9 Å². The Labute approximate surface area is 181 Å². The molecule has 5 rings (SSSR count). The van der Waals surface area contributed by atoms with Crippen LogP contribution in [0.5, 0.6) is 17.2 Å². The Balaban J connectivity index is 1.49. The van der Waals surface area contributed by atoms with Crippen molar-refractivity contribution < 1.29 is 22.6 Å². The summed E-state index contributed by atoms with van der Waals surface area (Å²) in [6.07, 6.45) is 2.84. The summed E-state index contributed by atoms with van der Waals surface area (Å²) in [6.45, 7) is 2.75. The third kappa shape index (κ3) is 4.15. The third-order valence-corrected chi connectivity index (χ3v) is 6.86. The molecule has 8 heteroatoms. The SMILES string of the molecule is COc1ccc2c(CN3CCC(NS(C)(=O)=O)CC3)cc3cc4c(cc3c2c1)OCO4. The van der Waals surface area contributed by atoms with E-state index in [2.05, 4.69) is 27.8 Å². The fourth-order valence-electron chi connectivity index (χ4n) is 4.61. The number of rotatable bonds is 5. The molecule has 0 amide bonds. The molecule has 31 heavy (non-hydrogen) atoms. The van der Waals surface area contributed by atoms with Gasteiger partial charge in [-0.1, -0.05) is 6.07 Å². The maximum Gasteiger partial charge on any atom is 0.231 e. The molecule has 0 aliphatic carbocycles. The summed E-state index contributed by atoms with van der Waals surface area (Å²) < 4.78 is 42.5. The molecular weight excluding hydrogens is 416 g/mol. The summed E-state index contributed by atoms with van der Waals surface area (Å²) in [4.78, 5) is 2.39. The van der Waals surface area contributed by atoms with Gasteiger partial charge in [0.1, 0.15) is 5.75 Å². The minimum atomic E-state index is -3.17. The average Bonchev–Trinajstić information content (AvgIpc) is 3.20. The Kier molecular flexibility index (Phi) is 5.16. The molecule has 0 spiro atoms. The van der Waals surface area contributed by atoms with Crippen molar-refractivity contribution in [3.63, 3.8) is 0 Å². The molecule has 0 radical (unpaired) electrons. The molecule has 0 atom stereocenters. The van der Waals surface area contributed by atoms with Gasteiger partial charge in [0.15, 0.2) is 11.5 Å². The van der Waals surface area contributed by atoms with Gasteiger partial charge < -0.3 is 14.2 Å². The lowest BCUT2D eigenvalue weighted by Crippen LogP contribution is -2.43. The highest BCUT2D eigenvalue weighted by atomic mass is 32.2. The number of hydrogen-bond acceptors (Lipinski definition) is 6. The number of nitrogens with zero attached hydrogens (tertiary/aromatic N) is 1. The van der Waals surface area contributed by atoms with E-state index in [1.165, 1.54) is 17.2 Å². The number of likely N-dealkylation sites (tertiary alicyclic amines) is 1. The van der Waals surface area contributed by atoms with E-state index >= 15 is 0 Å². The maximum absolute atomic E-state index is 11.5. The van der Waals surface area contributed by atoms with Crippen LogP contribution in [0, 0.1) is 0 Å². The van der Waals surface area contributed by atoms with E-state index in [0.29, 0.717) is 0 Å². The fourth-order valence-corrected chi connectivity index (χ4v) is 5.45. The molecule has 0 aromatic heterocycles. The van der Waals surface area contributed by atoms with Gasteiger partial charge in [-0.15, -0.1) is 0 Å². The number of fused-ring (bicyclic) bond motifs is 4. The van der Waals surface area contributed by atoms with Gasteiger partial charge in [0.05, 0.1) is 13.4 Å². The van der Waals surface area contributed by atoms with Crippen LogP contribution in [0.3, 0.4) is 0 Å². The van der Waals surface area contributed by atoms with Crippen LogP contribution in [0.1, 0.15) is 18.4 Å². The predicted octanol–water partition coefficient (Wildman–Crippen LogP) is 3.24. The van der Waals surface area contributed by atoms with Crippen molar-refractivity contribution in [3.8, 4) is 17.2 Å². The van der Waals surface area contributed by atoms with Crippen molar-refractivity contribution in [2.75, 3.05) is 33.2 Å². The molecule has 0 unspecified atom stereocenters. The summed E-state index contributed by atoms with van der Waals surface area (Å²) in [5.74, 6) is 2.36. The Morgan fingerprint density at radius 3 is 2.48 bits per heavy atom. The van der Waals surface area contributed by atoms with E-state index in [9.17, 15) is 8.42 Å². The second-order valence-corrected chi connectivity index (χ2v) is 10.1. The van der Waals surface area contributed by atoms with Gasteiger partial charge in [-0.25, -0.2) is 13.1 Å². The topological polar surface area (TPSA) is 77.1 Å². The lowest BCUT2D eigenvalue weighted by molar-refractivity contribution is 0.174. The number of sulfonamides is 1. The second-order valence-electron chi connectivity index (χ2n) is 8.31.